The molecule has 0 spiro atoms. The van der Waals surface area contributed by atoms with Crippen LogP contribution >= 0.6 is 11.6 Å². The van der Waals surface area contributed by atoms with Gasteiger partial charge in [-0.1, -0.05) is 41.9 Å². The molecule has 0 saturated carbocycles. The maximum absolute atomic E-state index is 12.1. The van der Waals surface area contributed by atoms with Crippen molar-refractivity contribution in [3.05, 3.63) is 65.2 Å². The number of benzene rings is 2. The lowest BCUT2D eigenvalue weighted by Gasteiger charge is -2.12. The normalized spacial score (nSPS) is 12.9. The van der Waals surface area contributed by atoms with E-state index in [2.05, 4.69) is 0 Å². The number of halogens is 1. The summed E-state index contributed by atoms with van der Waals surface area (Å²) < 4.78 is 29.1. The number of Topliss-reactive ketones (excluding diaryl/α,β-unsaturated/α-hetero) is 1. The molecule has 1 unspecified atom stereocenters. The molecule has 0 aliphatic carbocycles. The van der Waals surface area contributed by atoms with Crippen molar-refractivity contribution in [3.63, 3.8) is 0 Å². The first-order valence-corrected chi connectivity index (χ1v) is 7.97. The van der Waals surface area contributed by atoms with Gasteiger partial charge in [-0.25, -0.2) is 0 Å². The molecule has 0 saturated heterocycles. The predicted molar refractivity (Wildman–Crippen MR) is 80.0 cm³/mol. The fourth-order valence-electron chi connectivity index (χ4n) is 1.73. The molecule has 4 nitrogen and oxygen atoms in total. The summed E-state index contributed by atoms with van der Waals surface area (Å²) in [5.74, 6) is -0.395. The molecule has 0 fully saturated rings. The van der Waals surface area contributed by atoms with Crippen LogP contribution in [0.15, 0.2) is 59.5 Å². The highest BCUT2D eigenvalue weighted by Gasteiger charge is 2.24. The van der Waals surface area contributed by atoms with Gasteiger partial charge in [0.15, 0.2) is 5.78 Å². The minimum atomic E-state index is -4.01. The summed E-state index contributed by atoms with van der Waals surface area (Å²) in [7, 11) is -4.01. The van der Waals surface area contributed by atoms with E-state index in [4.69, 9.17) is 15.8 Å². The van der Waals surface area contributed by atoms with Crippen molar-refractivity contribution in [3.8, 4) is 0 Å². The zero-order valence-electron chi connectivity index (χ0n) is 11.2. The summed E-state index contributed by atoms with van der Waals surface area (Å²) in [4.78, 5) is 12.1. The van der Waals surface area contributed by atoms with Crippen LogP contribution in [0.5, 0.6) is 0 Å². The number of ketones is 1. The standard InChI is InChI=1S/C15H13ClO4S/c1-11(15(17)12-5-3-2-4-6-12)20-21(18,19)14-9-7-13(16)8-10-14/h2-11H,1H3. The Morgan fingerprint density at radius 3 is 2.19 bits per heavy atom. The van der Waals surface area contributed by atoms with Crippen LogP contribution in [0.1, 0.15) is 17.3 Å². The van der Waals surface area contributed by atoms with Crippen LogP contribution in [0.3, 0.4) is 0 Å². The number of hydrogen-bond acceptors (Lipinski definition) is 4. The third-order valence-electron chi connectivity index (χ3n) is 2.80. The van der Waals surface area contributed by atoms with E-state index in [1.165, 1.54) is 31.2 Å². The highest BCUT2D eigenvalue weighted by molar-refractivity contribution is 7.86. The molecule has 110 valence electrons. The summed E-state index contributed by atoms with van der Waals surface area (Å²) in [6.07, 6.45) is -1.10. The third kappa shape index (κ3) is 3.91. The van der Waals surface area contributed by atoms with Crippen molar-refractivity contribution in [1.29, 1.82) is 0 Å². The summed E-state index contributed by atoms with van der Waals surface area (Å²) >= 11 is 5.71. The third-order valence-corrected chi connectivity index (χ3v) is 4.44. The van der Waals surface area contributed by atoms with Gasteiger partial charge in [-0.3, -0.25) is 8.98 Å². The van der Waals surface area contributed by atoms with Gasteiger partial charge in [0.1, 0.15) is 6.10 Å². The first-order valence-electron chi connectivity index (χ1n) is 6.18. The molecule has 21 heavy (non-hydrogen) atoms. The molecule has 0 heterocycles. The fraction of sp³-hybridized carbons (Fsp3) is 0.133. The van der Waals surface area contributed by atoms with Gasteiger partial charge in [-0.05, 0) is 31.2 Å². The Bertz CT molecular complexity index is 724. The van der Waals surface area contributed by atoms with Crippen LogP contribution in [-0.2, 0) is 14.3 Å². The van der Waals surface area contributed by atoms with Gasteiger partial charge in [0.05, 0.1) is 4.90 Å². The minimum absolute atomic E-state index is 0.0420. The van der Waals surface area contributed by atoms with E-state index >= 15 is 0 Å². The summed E-state index contributed by atoms with van der Waals surface area (Å²) in [5, 5.41) is 0.419. The lowest BCUT2D eigenvalue weighted by Crippen LogP contribution is -2.24. The summed E-state index contributed by atoms with van der Waals surface area (Å²) in [6, 6.07) is 13.9. The van der Waals surface area contributed by atoms with Gasteiger partial charge in [-0.15, -0.1) is 0 Å². The predicted octanol–water partition coefficient (Wildman–Crippen LogP) is 3.32. The van der Waals surface area contributed by atoms with Gasteiger partial charge >= 0.3 is 0 Å². The Morgan fingerprint density at radius 1 is 1.05 bits per heavy atom. The van der Waals surface area contributed by atoms with Crippen LogP contribution in [0.25, 0.3) is 0 Å². The molecular formula is C15H13ClO4S. The van der Waals surface area contributed by atoms with E-state index in [1.54, 1.807) is 30.3 Å². The summed E-state index contributed by atoms with van der Waals surface area (Å²) in [5.41, 5.74) is 0.399. The van der Waals surface area contributed by atoms with Crippen molar-refractivity contribution in [2.75, 3.05) is 0 Å². The average Bonchev–Trinajstić information content (AvgIpc) is 2.47. The Labute approximate surface area is 128 Å². The Kier molecular flexibility index (Phi) is 4.77. The van der Waals surface area contributed by atoms with Crippen molar-refractivity contribution in [2.24, 2.45) is 0 Å². The lowest BCUT2D eigenvalue weighted by atomic mass is 10.1. The molecule has 0 aromatic heterocycles. The monoisotopic (exact) mass is 324 g/mol. The Hall–Kier alpha value is -1.69. The van der Waals surface area contributed by atoms with Crippen LogP contribution in [-0.4, -0.2) is 20.3 Å². The molecule has 0 bridgehead atoms. The van der Waals surface area contributed by atoms with Gasteiger partial charge < -0.3 is 0 Å². The molecule has 2 aromatic carbocycles. The fourth-order valence-corrected chi connectivity index (χ4v) is 2.90. The number of carbonyl (C=O) groups excluding carboxylic acids is 1. The summed E-state index contributed by atoms with van der Waals surface area (Å²) in [6.45, 7) is 1.41. The lowest BCUT2D eigenvalue weighted by molar-refractivity contribution is 0.0826. The molecule has 6 heteroatoms. The van der Waals surface area contributed by atoms with Gasteiger partial charge in [-0.2, -0.15) is 8.42 Å². The number of hydrogen-bond donors (Lipinski definition) is 0. The van der Waals surface area contributed by atoms with Crippen molar-refractivity contribution in [1.82, 2.24) is 0 Å². The molecule has 2 aromatic rings. The van der Waals surface area contributed by atoms with Crippen LogP contribution < -0.4 is 0 Å². The van der Waals surface area contributed by atoms with E-state index in [-0.39, 0.29) is 4.90 Å². The first-order chi connectivity index (χ1) is 9.90. The highest BCUT2D eigenvalue weighted by atomic mass is 35.5. The SMILES string of the molecule is CC(OS(=O)(=O)c1ccc(Cl)cc1)C(=O)c1ccccc1. The van der Waals surface area contributed by atoms with Crippen molar-refractivity contribution < 1.29 is 17.4 Å². The first kappa shape index (κ1) is 15.7. The Morgan fingerprint density at radius 2 is 1.62 bits per heavy atom. The molecule has 2 rings (SSSR count). The van der Waals surface area contributed by atoms with E-state index in [1.807, 2.05) is 0 Å². The molecule has 0 N–H and O–H groups in total. The molecule has 1 atom stereocenters. The van der Waals surface area contributed by atoms with Crippen molar-refractivity contribution >= 4 is 27.5 Å². The second-order valence-corrected chi connectivity index (χ2v) is 6.39. The topological polar surface area (TPSA) is 60.4 Å². The van der Waals surface area contributed by atoms with Crippen molar-refractivity contribution in [2.45, 2.75) is 17.9 Å². The van der Waals surface area contributed by atoms with E-state index < -0.39 is 22.0 Å². The largest absolute Gasteiger partial charge is 0.297 e. The van der Waals surface area contributed by atoms with E-state index in [9.17, 15) is 13.2 Å². The maximum Gasteiger partial charge on any atom is 0.297 e. The van der Waals surface area contributed by atoms with Gasteiger partial charge in [0.25, 0.3) is 10.1 Å². The quantitative estimate of drug-likeness (QED) is 0.625. The Balaban J connectivity index is 2.17. The van der Waals surface area contributed by atoms with Crippen LogP contribution in [0.2, 0.25) is 5.02 Å². The molecule has 0 amide bonds. The van der Waals surface area contributed by atoms with Crippen LogP contribution in [0.4, 0.5) is 0 Å². The van der Waals surface area contributed by atoms with Gasteiger partial charge in [0.2, 0.25) is 0 Å². The van der Waals surface area contributed by atoms with Crippen LogP contribution in [0, 0.1) is 0 Å². The maximum atomic E-state index is 12.1. The van der Waals surface area contributed by atoms with E-state index in [0.717, 1.165) is 0 Å². The second kappa shape index (κ2) is 6.39. The second-order valence-electron chi connectivity index (χ2n) is 4.38. The molecule has 0 aliphatic heterocycles. The van der Waals surface area contributed by atoms with E-state index in [0.29, 0.717) is 10.6 Å². The molecular weight excluding hydrogens is 312 g/mol. The molecule has 0 aliphatic rings. The number of rotatable bonds is 5. The zero-order valence-corrected chi connectivity index (χ0v) is 12.8. The number of carbonyl (C=O) groups is 1. The smallest absolute Gasteiger partial charge is 0.291 e. The van der Waals surface area contributed by atoms with Gasteiger partial charge in [0, 0.05) is 10.6 Å². The average molecular weight is 325 g/mol. The zero-order chi connectivity index (χ0) is 15.5. The molecule has 0 radical (unpaired) electrons. The highest BCUT2D eigenvalue weighted by Crippen LogP contribution is 2.18. The minimum Gasteiger partial charge on any atom is -0.291 e.